The number of fused-ring (bicyclic) bond motifs is 2. The van der Waals surface area contributed by atoms with Crippen molar-refractivity contribution in [2.24, 2.45) is 0 Å². The fourth-order valence-electron chi connectivity index (χ4n) is 9.66. The Morgan fingerprint density at radius 3 is 0.938 bits per heavy atom. The zero-order valence-corrected chi connectivity index (χ0v) is 71.8. The summed E-state index contributed by atoms with van der Waals surface area (Å²) in [5.41, 5.74) is 0. The topological polar surface area (TPSA) is 333 Å². The number of hydrogen-bond acceptors (Lipinski definition) is 33. The Labute approximate surface area is 706 Å². The molecule has 0 spiro atoms. The molecule has 0 amide bonds. The third-order valence-electron chi connectivity index (χ3n) is 15.3. The molecule has 9 unspecified atom stereocenters. The molecule has 0 aliphatic carbocycles. The molecule has 31 nitrogen and oxygen atoms in total. The van der Waals surface area contributed by atoms with E-state index in [1.807, 2.05) is 24.6 Å². The van der Waals surface area contributed by atoms with Gasteiger partial charge in [-0.05, 0) is 44.9 Å². The van der Waals surface area contributed by atoms with Crippen LogP contribution < -0.4 is 56.7 Å². The second kappa shape index (κ2) is 80.4. The second-order valence-electron chi connectivity index (χ2n) is 26.0. The molecule has 4 aliphatic rings. The number of thiophene rings is 2. The summed E-state index contributed by atoms with van der Waals surface area (Å²) in [5.74, 6) is 2.90. The van der Waals surface area contributed by atoms with Gasteiger partial charge in [0, 0.05) is 69.8 Å². The first-order valence-electron chi connectivity index (χ1n) is 40.5. The summed E-state index contributed by atoms with van der Waals surface area (Å²) in [5, 5.41) is 43.3. The largest absolute Gasteiger partial charge is 1.00 e. The average molecular weight is 1660 g/mol. The fraction of sp³-hybridized carbons (Fsp3) is 0.897. The van der Waals surface area contributed by atoms with Gasteiger partial charge in [0.15, 0.2) is 23.0 Å². The van der Waals surface area contributed by atoms with E-state index in [-0.39, 0.29) is 130 Å². The molecule has 2 saturated heterocycles. The Balaban J connectivity index is 0.00000157. The van der Waals surface area contributed by atoms with Crippen molar-refractivity contribution in [3.8, 4) is 23.0 Å². The molecule has 9 atom stereocenters. The van der Waals surface area contributed by atoms with Gasteiger partial charge in [0.25, 0.3) is 0 Å². The normalized spacial score (nSPS) is 16.3. The van der Waals surface area contributed by atoms with Crippen LogP contribution in [0.1, 0.15) is 103 Å². The molecular weight excluding hydrogens is 1510 g/mol. The summed E-state index contributed by atoms with van der Waals surface area (Å²) < 4.78 is 156. The summed E-state index contributed by atoms with van der Waals surface area (Å²) in [6.07, 6.45) is 2.74. The monoisotopic (exact) mass is 1650 g/mol. The minimum atomic E-state index is -0.869. The number of rotatable bonds is 73. The van der Waals surface area contributed by atoms with Gasteiger partial charge < -0.3 is 148 Å². The van der Waals surface area contributed by atoms with Crippen LogP contribution in [0.15, 0.2) is 10.8 Å². The van der Waals surface area contributed by atoms with Crippen LogP contribution in [0.3, 0.4) is 0 Å². The van der Waals surface area contributed by atoms with E-state index >= 15 is 0 Å². The zero-order valence-electron chi connectivity index (χ0n) is 70.2. The van der Waals surface area contributed by atoms with Crippen molar-refractivity contribution in [3.05, 3.63) is 20.5 Å². The summed E-state index contributed by atoms with van der Waals surface area (Å²) in [4.78, 5) is 1.89. The quantitative estimate of drug-likeness (QED) is 0.0402. The van der Waals surface area contributed by atoms with Crippen LogP contribution in [0.25, 0.3) is 0 Å². The Bertz CT molecular complexity index is 2280. The van der Waals surface area contributed by atoms with Crippen molar-refractivity contribution >= 4 is 22.7 Å². The van der Waals surface area contributed by atoms with Crippen molar-refractivity contribution in [2.75, 3.05) is 297 Å². The predicted octanol–water partition coefficient (Wildman–Crippen LogP) is 0.670. The van der Waals surface area contributed by atoms with Crippen LogP contribution in [-0.4, -0.2) is 373 Å². The maximum Gasteiger partial charge on any atom is 1.00 e. The molecule has 35 heteroatoms. The van der Waals surface area contributed by atoms with Gasteiger partial charge in [-0.15, -0.1) is 22.7 Å². The molecule has 2 aromatic heterocycles. The van der Waals surface area contributed by atoms with E-state index in [9.17, 15) is 15.3 Å². The molecular formula is C78H144Li2O31S2+2. The molecule has 113 heavy (non-hydrogen) atoms. The van der Waals surface area contributed by atoms with Gasteiger partial charge in [0.05, 0.1) is 247 Å². The number of aliphatic hydroxyl groups excluding tert-OH is 4. The van der Waals surface area contributed by atoms with E-state index in [4.69, 9.17) is 133 Å². The molecule has 0 aromatic carbocycles. The zero-order chi connectivity index (χ0) is 79.8. The maximum absolute atomic E-state index is 10.7. The van der Waals surface area contributed by atoms with Crippen LogP contribution in [-0.2, 0) is 122 Å². The Hall–Kier alpha value is -1.29. The third-order valence-corrected chi connectivity index (χ3v) is 17.3. The molecule has 2 aromatic rings. The van der Waals surface area contributed by atoms with E-state index < -0.39 is 48.8 Å². The average Bonchev–Trinajstić information content (AvgIpc) is 1.71. The Morgan fingerprint density at radius 2 is 0.602 bits per heavy atom. The first-order valence-corrected chi connectivity index (χ1v) is 42.2. The van der Waals surface area contributed by atoms with Crippen LogP contribution >= 0.6 is 22.7 Å². The molecule has 4 aliphatic heterocycles. The maximum atomic E-state index is 10.7. The standard InChI is InChI=1S/C57H108O22S.C9H12O4S.C8H16O3.C4H8O2.2Li/c1-7-13-60-19-25-66-34-48(58)36-75-52(40-69-28-22-63-16-10-4)45-78-51(39-68-27-21-62-15-9-3)43-72-38-50(33-56-57-55(47-80-56)73-31-32-74-57)77-44-54(42-71-30-24-65-18-12-6)79-46-53(41-70-29-23-64-17-11-5)76-37-49(59)35-67-26-20-61-14-8-2;10-4-6(11)3-8-9-7(5-14-8)12-1-2-13-9;1-2-3-9-4-5-10-6-8-7-11-8;1-2-6-4-3-5-1;;/h47-54,58-59H,7-46H2,1-6H3;5-6,10-11H,1-4H2;8H,2-7H2,1H3;1-4H2;;/q;;;;2*+1. The molecule has 0 radical (unpaired) electrons. The van der Waals surface area contributed by atoms with Crippen LogP contribution in [0.2, 0.25) is 0 Å². The molecule has 6 heterocycles. The first kappa shape index (κ1) is 110. The van der Waals surface area contributed by atoms with E-state index in [1.165, 1.54) is 11.3 Å². The second-order valence-corrected chi connectivity index (χ2v) is 27.9. The van der Waals surface area contributed by atoms with Gasteiger partial charge in [-0.25, -0.2) is 0 Å². The van der Waals surface area contributed by atoms with Crippen molar-refractivity contribution in [2.45, 2.75) is 161 Å². The van der Waals surface area contributed by atoms with E-state index in [0.717, 1.165) is 112 Å². The number of ether oxygens (including phenoxy) is 27. The number of hydrogen-bond donors (Lipinski definition) is 4. The van der Waals surface area contributed by atoms with Gasteiger partial charge in [-0.3, -0.25) is 0 Å². The summed E-state index contributed by atoms with van der Waals surface area (Å²) in [6.45, 7) is 33.8. The molecule has 654 valence electrons. The summed E-state index contributed by atoms with van der Waals surface area (Å²) >= 11 is 3.03. The van der Waals surface area contributed by atoms with Crippen LogP contribution in [0.4, 0.5) is 0 Å². The van der Waals surface area contributed by atoms with Gasteiger partial charge in [-0.2, -0.15) is 0 Å². The van der Waals surface area contributed by atoms with Crippen LogP contribution in [0.5, 0.6) is 23.0 Å². The third kappa shape index (κ3) is 62.5. The Kier molecular flexibility index (Phi) is 78.1. The van der Waals surface area contributed by atoms with Gasteiger partial charge >= 0.3 is 37.7 Å². The minimum Gasteiger partial charge on any atom is -0.485 e. The van der Waals surface area contributed by atoms with E-state index in [1.54, 1.807) is 11.3 Å². The van der Waals surface area contributed by atoms with E-state index in [0.29, 0.717) is 189 Å². The Morgan fingerprint density at radius 1 is 0.319 bits per heavy atom. The van der Waals surface area contributed by atoms with Crippen molar-refractivity contribution in [3.63, 3.8) is 0 Å². The van der Waals surface area contributed by atoms with Crippen molar-refractivity contribution in [1.82, 2.24) is 0 Å². The molecule has 2 fully saturated rings. The molecule has 0 bridgehead atoms. The smallest absolute Gasteiger partial charge is 0.485 e. The van der Waals surface area contributed by atoms with Crippen molar-refractivity contribution < 1.29 is 186 Å². The SMILES string of the molecule is C1COCCO1.CCCOCCOCC(O)COC(COCCOCCC)COC(COCCOCCC)COCC(Cc1scc2c1OCCO2)OCC(COCCOCCC)OCC(COCCOCCC)OCC(O)COCCOCCC.CCCOCCOCC1CO1.OCC(O)Cc1scc2c1OCCO2.[Li+].[Li+]. The molecule has 0 saturated carbocycles. The molecule has 6 rings (SSSR count). The number of aliphatic hydroxyl groups is 4. The fourth-order valence-corrected chi connectivity index (χ4v) is 11.6. The predicted molar refractivity (Wildman–Crippen MR) is 418 cm³/mol. The van der Waals surface area contributed by atoms with Crippen LogP contribution in [0, 0.1) is 0 Å². The van der Waals surface area contributed by atoms with Gasteiger partial charge in [-0.1, -0.05) is 48.5 Å². The molecule has 4 N–H and O–H groups in total. The summed E-state index contributed by atoms with van der Waals surface area (Å²) in [6, 6.07) is 0. The van der Waals surface area contributed by atoms with E-state index in [2.05, 4.69) is 34.6 Å². The van der Waals surface area contributed by atoms with Crippen molar-refractivity contribution in [1.29, 1.82) is 0 Å². The first-order chi connectivity index (χ1) is 54.6. The summed E-state index contributed by atoms with van der Waals surface area (Å²) in [7, 11) is 0. The van der Waals surface area contributed by atoms with Gasteiger partial charge in [0.1, 0.15) is 69.2 Å². The van der Waals surface area contributed by atoms with Gasteiger partial charge in [0.2, 0.25) is 0 Å². The number of epoxide rings is 1. The minimum absolute atomic E-state index is 0.